The summed E-state index contributed by atoms with van der Waals surface area (Å²) >= 11 is 0. The minimum atomic E-state index is -0.868. The number of anilines is 1. The van der Waals surface area contributed by atoms with Crippen molar-refractivity contribution in [1.29, 1.82) is 0 Å². The number of nitrogens with zero attached hydrogens (tertiary/aromatic N) is 2. The van der Waals surface area contributed by atoms with Crippen molar-refractivity contribution < 1.29 is 27.9 Å². The maximum absolute atomic E-state index is 13.6. The molecule has 11 heteroatoms. The monoisotopic (exact) mass is 567 g/mol. The van der Waals surface area contributed by atoms with Crippen molar-refractivity contribution in [3.8, 4) is 28.2 Å². The summed E-state index contributed by atoms with van der Waals surface area (Å²) in [5.74, 6) is -0.103. The molecule has 0 spiro atoms. The van der Waals surface area contributed by atoms with E-state index >= 15 is 0 Å². The lowest BCUT2D eigenvalue weighted by molar-refractivity contribution is -0.0778. The molecule has 6 rings (SSSR count). The van der Waals surface area contributed by atoms with Gasteiger partial charge in [-0.3, -0.25) is 9.59 Å². The van der Waals surface area contributed by atoms with E-state index in [9.17, 15) is 14.0 Å². The number of amides is 2. The first-order valence-corrected chi connectivity index (χ1v) is 13.0. The van der Waals surface area contributed by atoms with Crippen LogP contribution in [0.15, 0.2) is 77.5 Å². The molecule has 1 fully saturated rings. The van der Waals surface area contributed by atoms with E-state index < -0.39 is 17.3 Å². The highest BCUT2D eigenvalue weighted by Gasteiger charge is 2.45. The number of nitrogens with one attached hydrogen (secondary N) is 2. The first-order valence-electron chi connectivity index (χ1n) is 13.0. The van der Waals surface area contributed by atoms with Gasteiger partial charge in [0.25, 0.3) is 11.8 Å². The number of hydrogen-bond acceptors (Lipinski definition) is 8. The van der Waals surface area contributed by atoms with Gasteiger partial charge in [-0.05, 0) is 54.1 Å². The zero-order valence-electron chi connectivity index (χ0n) is 22.7. The number of ether oxygens (including phenoxy) is 2. The lowest BCUT2D eigenvalue weighted by Gasteiger charge is -2.40. The minimum absolute atomic E-state index is 0.230. The number of carbonyl (C=O) groups excluding carboxylic acids is 2. The number of halogens is 1. The number of rotatable bonds is 7. The molecular weight excluding hydrogens is 541 g/mol. The second kappa shape index (κ2) is 10.6. The highest BCUT2D eigenvalue weighted by molar-refractivity contribution is 6.13. The van der Waals surface area contributed by atoms with Crippen molar-refractivity contribution >= 4 is 28.5 Å². The predicted octanol–water partition coefficient (Wildman–Crippen LogP) is 4.30. The molecule has 0 aliphatic carbocycles. The Balaban J connectivity index is 1.43. The molecule has 0 atom stereocenters. The van der Waals surface area contributed by atoms with Gasteiger partial charge in [-0.15, -0.1) is 0 Å². The number of carbonyl (C=O) groups is 2. The number of methoxy groups -OCH3 is 1. The van der Waals surface area contributed by atoms with Crippen LogP contribution in [0.5, 0.6) is 5.75 Å². The standard InChI is InChI=1S/C31H26FN5O5/c1-34-29(39)26-21-13-20(23(33)14-25(21)42-27(26)17-4-7-19(32)8-5-17)18-6-9-24(40-2)22(12-18)28(38)37-31(15-41-16-31)30-35-10-3-11-36-30/h3-14H,15-16,33H2,1-2H3,(H,34,39)(H,37,38). The Kier molecular flexibility index (Phi) is 6.79. The van der Waals surface area contributed by atoms with Gasteiger partial charge < -0.3 is 30.3 Å². The van der Waals surface area contributed by atoms with Crippen LogP contribution in [0.3, 0.4) is 0 Å². The van der Waals surface area contributed by atoms with Crippen LogP contribution in [0.25, 0.3) is 33.4 Å². The number of benzene rings is 3. The van der Waals surface area contributed by atoms with Gasteiger partial charge in [0.1, 0.15) is 28.4 Å². The molecule has 0 radical (unpaired) electrons. The van der Waals surface area contributed by atoms with E-state index in [1.54, 1.807) is 60.9 Å². The third-order valence-electron chi connectivity index (χ3n) is 7.22. The molecule has 1 aliphatic heterocycles. The van der Waals surface area contributed by atoms with Gasteiger partial charge in [0.05, 0.1) is 31.5 Å². The third kappa shape index (κ3) is 4.59. The van der Waals surface area contributed by atoms with Crippen LogP contribution in [-0.2, 0) is 10.3 Å². The second-order valence-corrected chi connectivity index (χ2v) is 9.84. The molecule has 3 heterocycles. The molecule has 5 aromatic rings. The topological polar surface area (TPSA) is 142 Å². The highest BCUT2D eigenvalue weighted by atomic mass is 19.1. The zero-order chi connectivity index (χ0) is 29.4. The average molecular weight is 568 g/mol. The summed E-state index contributed by atoms with van der Waals surface area (Å²) in [6.45, 7) is 0.459. The first-order chi connectivity index (χ1) is 20.3. The van der Waals surface area contributed by atoms with Crippen LogP contribution in [0.2, 0.25) is 0 Å². The number of furan rings is 1. The maximum atomic E-state index is 13.6. The zero-order valence-corrected chi connectivity index (χ0v) is 22.7. The number of nitrogen functional groups attached to an aromatic ring is 1. The fourth-order valence-electron chi connectivity index (χ4n) is 5.01. The molecule has 1 aliphatic rings. The molecule has 1 saturated heterocycles. The average Bonchev–Trinajstić information content (AvgIpc) is 3.36. The van der Waals surface area contributed by atoms with Crippen molar-refractivity contribution in [1.82, 2.24) is 20.6 Å². The number of fused-ring (bicyclic) bond motifs is 1. The normalized spacial score (nSPS) is 13.8. The summed E-state index contributed by atoms with van der Waals surface area (Å²) in [5, 5.41) is 6.17. The Morgan fingerprint density at radius 1 is 1.00 bits per heavy atom. The van der Waals surface area contributed by atoms with Crippen molar-refractivity contribution in [2.45, 2.75) is 5.54 Å². The molecule has 42 heavy (non-hydrogen) atoms. The molecule has 2 amide bonds. The van der Waals surface area contributed by atoms with Gasteiger partial charge in [-0.25, -0.2) is 14.4 Å². The van der Waals surface area contributed by atoms with Crippen molar-refractivity contribution in [2.75, 3.05) is 33.1 Å². The SMILES string of the molecule is CNC(=O)c1c(-c2ccc(F)cc2)oc2cc(N)c(-c3ccc(OC)c(C(=O)NC4(c5ncccn5)COC4)c3)cc12. The van der Waals surface area contributed by atoms with Gasteiger partial charge in [0, 0.05) is 47.7 Å². The lowest BCUT2D eigenvalue weighted by atomic mass is 9.94. The Bertz CT molecular complexity index is 1820. The third-order valence-corrected chi connectivity index (χ3v) is 7.22. The summed E-state index contributed by atoms with van der Waals surface area (Å²) in [7, 11) is 3.00. The second-order valence-electron chi connectivity index (χ2n) is 9.84. The number of hydrogen-bond donors (Lipinski definition) is 3. The largest absolute Gasteiger partial charge is 0.496 e. The van der Waals surface area contributed by atoms with E-state index in [4.69, 9.17) is 19.6 Å². The Morgan fingerprint density at radius 3 is 2.36 bits per heavy atom. The molecule has 0 bridgehead atoms. The van der Waals surface area contributed by atoms with Gasteiger partial charge >= 0.3 is 0 Å². The molecule has 4 N–H and O–H groups in total. The summed E-state index contributed by atoms with van der Waals surface area (Å²) in [6.07, 6.45) is 3.22. The van der Waals surface area contributed by atoms with Gasteiger partial charge in [-0.1, -0.05) is 6.07 Å². The van der Waals surface area contributed by atoms with Crippen molar-refractivity contribution in [3.05, 3.63) is 95.8 Å². The van der Waals surface area contributed by atoms with Crippen LogP contribution in [0.4, 0.5) is 10.1 Å². The Morgan fingerprint density at radius 2 is 1.71 bits per heavy atom. The van der Waals surface area contributed by atoms with Gasteiger partial charge in [-0.2, -0.15) is 0 Å². The van der Waals surface area contributed by atoms with Crippen LogP contribution < -0.4 is 21.1 Å². The van der Waals surface area contributed by atoms with E-state index in [1.165, 1.54) is 26.3 Å². The Labute approximate surface area is 239 Å². The fraction of sp³-hybridized carbons (Fsp3) is 0.161. The smallest absolute Gasteiger partial charge is 0.256 e. The van der Waals surface area contributed by atoms with Gasteiger partial charge in [0.2, 0.25) is 0 Å². The number of aromatic nitrogens is 2. The molecule has 10 nitrogen and oxygen atoms in total. The molecule has 3 aromatic carbocycles. The minimum Gasteiger partial charge on any atom is -0.496 e. The van der Waals surface area contributed by atoms with Crippen LogP contribution in [0.1, 0.15) is 26.5 Å². The Hall–Kier alpha value is -5.29. The van der Waals surface area contributed by atoms with Crippen LogP contribution in [-0.4, -0.2) is 49.2 Å². The highest BCUT2D eigenvalue weighted by Crippen LogP contribution is 2.40. The van der Waals surface area contributed by atoms with E-state index in [1.807, 2.05) is 0 Å². The summed E-state index contributed by atoms with van der Waals surface area (Å²) in [5.41, 5.74) is 8.62. The summed E-state index contributed by atoms with van der Waals surface area (Å²) in [6, 6.07) is 15.9. The van der Waals surface area contributed by atoms with E-state index in [0.717, 1.165) is 0 Å². The predicted molar refractivity (Wildman–Crippen MR) is 153 cm³/mol. The van der Waals surface area contributed by atoms with Crippen molar-refractivity contribution in [3.63, 3.8) is 0 Å². The maximum Gasteiger partial charge on any atom is 0.256 e. The van der Waals surface area contributed by atoms with Crippen LogP contribution in [0, 0.1) is 5.82 Å². The van der Waals surface area contributed by atoms with Gasteiger partial charge in [0.15, 0.2) is 5.82 Å². The molecule has 0 unspecified atom stereocenters. The first kappa shape index (κ1) is 26.9. The molecule has 212 valence electrons. The number of nitrogens with two attached hydrogens (primary N) is 1. The molecule has 2 aromatic heterocycles. The summed E-state index contributed by atoms with van der Waals surface area (Å²) in [4.78, 5) is 35.3. The molecule has 0 saturated carbocycles. The molecular formula is C31H26FN5O5. The summed E-state index contributed by atoms with van der Waals surface area (Å²) < 4.78 is 30.6. The fourth-order valence-corrected chi connectivity index (χ4v) is 5.01. The van der Waals surface area contributed by atoms with E-state index in [-0.39, 0.29) is 36.0 Å². The van der Waals surface area contributed by atoms with Crippen molar-refractivity contribution in [2.24, 2.45) is 0 Å². The van der Waals surface area contributed by atoms with Crippen LogP contribution >= 0.6 is 0 Å². The van der Waals surface area contributed by atoms with E-state index in [2.05, 4.69) is 20.6 Å². The quantitative estimate of drug-likeness (QED) is 0.247. The lowest BCUT2D eigenvalue weighted by Crippen LogP contribution is -2.60. The van der Waals surface area contributed by atoms with E-state index in [0.29, 0.717) is 44.9 Å².